The quantitative estimate of drug-likeness (QED) is 0.758. The number of imide groups is 1. The Bertz CT molecular complexity index is 872. The molecular weight excluding hydrogens is 375 g/mol. The number of benzene rings is 1. The fraction of sp³-hybridized carbons (Fsp3) is 0.389. The molecule has 0 aliphatic rings. The highest BCUT2D eigenvalue weighted by Gasteiger charge is 2.23. The Morgan fingerprint density at radius 2 is 1.93 bits per heavy atom. The van der Waals surface area contributed by atoms with Gasteiger partial charge in [0.1, 0.15) is 10.7 Å². The standard InChI is InChI=1S/C18H21FN2O5S/c1-18(2,3)21-17(24)20-13(22)9-26-16(23)15-10(8-25-4)14-11(19)6-5-7-12(14)27-15/h5-7H,8-9H2,1-4H3,(H2,20,21,22,24). The number of amides is 3. The molecule has 2 N–H and O–H groups in total. The van der Waals surface area contributed by atoms with Crippen molar-refractivity contribution in [3.63, 3.8) is 0 Å². The van der Waals surface area contributed by atoms with Crippen LogP contribution in [0.1, 0.15) is 36.0 Å². The number of carbonyl (C=O) groups excluding carboxylic acids is 3. The number of esters is 1. The Hall–Kier alpha value is -2.52. The maximum atomic E-state index is 14.1. The zero-order chi connectivity index (χ0) is 20.2. The van der Waals surface area contributed by atoms with Crippen LogP contribution in [0, 0.1) is 5.82 Å². The minimum absolute atomic E-state index is 0.0194. The number of carbonyl (C=O) groups is 3. The fourth-order valence-electron chi connectivity index (χ4n) is 2.35. The molecule has 1 heterocycles. The van der Waals surface area contributed by atoms with Crippen molar-refractivity contribution in [1.29, 1.82) is 0 Å². The molecule has 2 rings (SSSR count). The topological polar surface area (TPSA) is 93.7 Å². The second-order valence-electron chi connectivity index (χ2n) is 6.78. The van der Waals surface area contributed by atoms with Gasteiger partial charge >= 0.3 is 12.0 Å². The average molecular weight is 396 g/mol. The molecule has 2 aromatic rings. The molecule has 7 nitrogen and oxygen atoms in total. The van der Waals surface area contributed by atoms with Crippen molar-refractivity contribution in [2.24, 2.45) is 0 Å². The van der Waals surface area contributed by atoms with Crippen LogP contribution in [0.25, 0.3) is 10.1 Å². The minimum atomic E-state index is -0.783. The molecule has 0 saturated heterocycles. The van der Waals surface area contributed by atoms with Crippen LogP contribution in [0.2, 0.25) is 0 Å². The van der Waals surface area contributed by atoms with E-state index in [1.807, 2.05) is 0 Å². The Labute approximate surface area is 159 Å². The van der Waals surface area contributed by atoms with E-state index in [1.165, 1.54) is 13.2 Å². The molecule has 0 fully saturated rings. The van der Waals surface area contributed by atoms with Crippen LogP contribution in [0.3, 0.4) is 0 Å². The summed E-state index contributed by atoms with van der Waals surface area (Å²) in [6, 6.07) is 3.83. The highest BCUT2D eigenvalue weighted by Crippen LogP contribution is 2.34. The zero-order valence-corrected chi connectivity index (χ0v) is 16.3. The van der Waals surface area contributed by atoms with Gasteiger partial charge in [0, 0.05) is 28.3 Å². The van der Waals surface area contributed by atoms with Gasteiger partial charge in [-0.1, -0.05) is 6.07 Å². The van der Waals surface area contributed by atoms with Gasteiger partial charge in [0.15, 0.2) is 6.61 Å². The third kappa shape index (κ3) is 5.48. The summed E-state index contributed by atoms with van der Waals surface area (Å²) in [5, 5.41) is 4.92. The van der Waals surface area contributed by atoms with Crippen molar-refractivity contribution in [2.75, 3.05) is 13.7 Å². The number of fused-ring (bicyclic) bond motifs is 1. The van der Waals surface area contributed by atoms with Crippen LogP contribution in [0.4, 0.5) is 9.18 Å². The summed E-state index contributed by atoms with van der Waals surface area (Å²) in [5.41, 5.74) is -0.150. The molecule has 146 valence electrons. The second-order valence-corrected chi connectivity index (χ2v) is 7.84. The van der Waals surface area contributed by atoms with E-state index in [-0.39, 0.29) is 11.5 Å². The maximum Gasteiger partial charge on any atom is 0.349 e. The Kier molecular flexibility index (Phi) is 6.50. The second kappa shape index (κ2) is 8.45. The van der Waals surface area contributed by atoms with Crippen molar-refractivity contribution >= 4 is 39.3 Å². The number of urea groups is 1. The number of hydrogen-bond donors (Lipinski definition) is 2. The summed E-state index contributed by atoms with van der Waals surface area (Å²) >= 11 is 1.05. The van der Waals surface area contributed by atoms with Crippen LogP contribution in [-0.4, -0.2) is 37.2 Å². The van der Waals surface area contributed by atoms with E-state index in [9.17, 15) is 18.8 Å². The first-order valence-corrected chi connectivity index (χ1v) is 8.92. The van der Waals surface area contributed by atoms with Crippen LogP contribution in [0.5, 0.6) is 0 Å². The van der Waals surface area contributed by atoms with Crippen LogP contribution >= 0.6 is 11.3 Å². The molecule has 0 bridgehead atoms. The summed E-state index contributed by atoms with van der Waals surface area (Å²) in [6.45, 7) is 4.66. The van der Waals surface area contributed by atoms with Gasteiger partial charge in [0.2, 0.25) is 0 Å². The molecule has 3 amide bonds. The predicted molar refractivity (Wildman–Crippen MR) is 99.2 cm³/mol. The summed E-state index contributed by atoms with van der Waals surface area (Å²) in [4.78, 5) is 35.9. The number of thiophene rings is 1. The number of nitrogens with one attached hydrogen (secondary N) is 2. The first-order chi connectivity index (χ1) is 12.6. The molecule has 0 saturated carbocycles. The van der Waals surface area contributed by atoms with Crippen molar-refractivity contribution in [2.45, 2.75) is 32.9 Å². The number of rotatable bonds is 5. The lowest BCUT2D eigenvalue weighted by molar-refractivity contribution is -0.123. The van der Waals surface area contributed by atoms with Crippen LogP contribution in [0.15, 0.2) is 18.2 Å². The van der Waals surface area contributed by atoms with Gasteiger partial charge in [0.05, 0.1) is 6.61 Å². The minimum Gasteiger partial charge on any atom is -0.451 e. The molecule has 0 aliphatic heterocycles. The van der Waals surface area contributed by atoms with E-state index < -0.39 is 35.9 Å². The van der Waals surface area contributed by atoms with Crippen molar-refractivity contribution < 1.29 is 28.2 Å². The molecule has 0 unspecified atom stereocenters. The Balaban J connectivity index is 2.08. The van der Waals surface area contributed by atoms with E-state index in [0.29, 0.717) is 15.6 Å². The molecule has 0 spiro atoms. The molecule has 0 atom stereocenters. The van der Waals surface area contributed by atoms with E-state index in [4.69, 9.17) is 9.47 Å². The highest BCUT2D eigenvalue weighted by molar-refractivity contribution is 7.21. The lowest BCUT2D eigenvalue weighted by Gasteiger charge is -2.20. The van der Waals surface area contributed by atoms with Crippen molar-refractivity contribution in [3.8, 4) is 0 Å². The largest absolute Gasteiger partial charge is 0.451 e. The van der Waals surface area contributed by atoms with E-state index in [2.05, 4.69) is 10.6 Å². The molecule has 1 aromatic carbocycles. The summed E-state index contributed by atoms with van der Waals surface area (Å²) in [6.07, 6.45) is 0. The Morgan fingerprint density at radius 1 is 1.22 bits per heavy atom. The lowest BCUT2D eigenvalue weighted by Crippen LogP contribution is -2.49. The first-order valence-electron chi connectivity index (χ1n) is 8.10. The lowest BCUT2D eigenvalue weighted by atomic mass is 10.1. The highest BCUT2D eigenvalue weighted by atomic mass is 32.1. The van der Waals surface area contributed by atoms with Crippen LogP contribution < -0.4 is 10.6 Å². The monoisotopic (exact) mass is 396 g/mol. The number of methoxy groups -OCH3 is 1. The summed E-state index contributed by atoms with van der Waals surface area (Å²) in [7, 11) is 1.43. The Morgan fingerprint density at radius 3 is 2.56 bits per heavy atom. The molecular formula is C18H21FN2O5S. The average Bonchev–Trinajstić information content (AvgIpc) is 2.91. The molecule has 1 aromatic heterocycles. The van der Waals surface area contributed by atoms with E-state index >= 15 is 0 Å². The van der Waals surface area contributed by atoms with Crippen molar-refractivity contribution in [3.05, 3.63) is 34.5 Å². The third-order valence-corrected chi connectivity index (χ3v) is 4.49. The van der Waals surface area contributed by atoms with Gasteiger partial charge in [-0.05, 0) is 32.9 Å². The van der Waals surface area contributed by atoms with Gasteiger partial charge in [-0.2, -0.15) is 0 Å². The van der Waals surface area contributed by atoms with Gasteiger partial charge in [-0.15, -0.1) is 11.3 Å². The predicted octanol–water partition coefficient (Wildman–Crippen LogP) is 2.97. The maximum absolute atomic E-state index is 14.1. The van der Waals surface area contributed by atoms with E-state index in [1.54, 1.807) is 32.9 Å². The SMILES string of the molecule is COCc1c(C(=O)OCC(=O)NC(=O)NC(C)(C)C)sc2cccc(F)c12. The molecule has 0 aliphatic carbocycles. The smallest absolute Gasteiger partial charge is 0.349 e. The van der Waals surface area contributed by atoms with Crippen LogP contribution in [-0.2, 0) is 20.9 Å². The van der Waals surface area contributed by atoms with Gasteiger partial charge in [-0.25, -0.2) is 14.0 Å². The number of ether oxygens (including phenoxy) is 2. The van der Waals surface area contributed by atoms with Gasteiger partial charge in [0.25, 0.3) is 5.91 Å². The molecule has 0 radical (unpaired) electrons. The third-order valence-electron chi connectivity index (χ3n) is 3.31. The van der Waals surface area contributed by atoms with Crippen molar-refractivity contribution in [1.82, 2.24) is 10.6 Å². The molecule has 27 heavy (non-hydrogen) atoms. The number of hydrogen-bond acceptors (Lipinski definition) is 6. The van der Waals surface area contributed by atoms with Gasteiger partial charge in [-0.3, -0.25) is 10.1 Å². The fourth-order valence-corrected chi connectivity index (χ4v) is 3.46. The normalized spacial score (nSPS) is 11.3. The van der Waals surface area contributed by atoms with Gasteiger partial charge < -0.3 is 14.8 Å². The number of halogens is 1. The first kappa shape index (κ1) is 20.8. The molecule has 9 heteroatoms. The summed E-state index contributed by atoms with van der Waals surface area (Å²) in [5.74, 6) is -2.02. The zero-order valence-electron chi connectivity index (χ0n) is 15.5. The van der Waals surface area contributed by atoms with E-state index in [0.717, 1.165) is 11.3 Å². The summed E-state index contributed by atoms with van der Waals surface area (Å²) < 4.78 is 24.7.